The third-order valence-corrected chi connectivity index (χ3v) is 5.58. The molecular weight excluding hydrogens is 236 g/mol. The molecule has 2 N–H and O–H groups in total. The van der Waals surface area contributed by atoms with Crippen LogP contribution in [0.3, 0.4) is 0 Å². The number of nitrogens with two attached hydrogens (primary N) is 1. The molecule has 3 nitrogen and oxygen atoms in total. The number of hydrogen-bond donors (Lipinski definition) is 1. The van der Waals surface area contributed by atoms with Crippen molar-refractivity contribution in [3.8, 4) is 0 Å². The van der Waals surface area contributed by atoms with Crippen molar-refractivity contribution >= 4 is 0 Å². The number of likely N-dealkylation sites (N-methyl/N-ethyl adjacent to an activating group) is 1. The van der Waals surface area contributed by atoms with E-state index in [1.807, 2.05) is 0 Å². The van der Waals surface area contributed by atoms with E-state index in [1.165, 1.54) is 38.5 Å². The quantitative estimate of drug-likeness (QED) is 0.852. The van der Waals surface area contributed by atoms with Crippen LogP contribution >= 0.6 is 0 Å². The summed E-state index contributed by atoms with van der Waals surface area (Å²) in [5, 5.41) is 0. The lowest BCUT2D eigenvalue weighted by atomic mass is 9.68. The molecule has 0 bridgehead atoms. The Kier molecular flexibility index (Phi) is 5.27. The summed E-state index contributed by atoms with van der Waals surface area (Å²) in [6, 6.07) is 0. The van der Waals surface area contributed by atoms with Gasteiger partial charge in [-0.2, -0.15) is 0 Å². The van der Waals surface area contributed by atoms with Crippen molar-refractivity contribution in [3.05, 3.63) is 0 Å². The first kappa shape index (κ1) is 15.3. The van der Waals surface area contributed by atoms with Gasteiger partial charge >= 0.3 is 0 Å². The molecule has 1 saturated carbocycles. The summed E-state index contributed by atoms with van der Waals surface area (Å²) in [6.45, 7) is 7.54. The minimum absolute atomic E-state index is 0.193. The zero-order valence-electron chi connectivity index (χ0n) is 13.0. The van der Waals surface area contributed by atoms with Crippen LogP contribution in [0.15, 0.2) is 0 Å². The highest BCUT2D eigenvalue weighted by molar-refractivity contribution is 4.99. The van der Waals surface area contributed by atoms with Gasteiger partial charge in [-0.05, 0) is 51.0 Å². The lowest BCUT2D eigenvalue weighted by Crippen LogP contribution is -2.60. The lowest BCUT2D eigenvalue weighted by Gasteiger charge is -2.51. The van der Waals surface area contributed by atoms with Gasteiger partial charge in [0.2, 0.25) is 0 Å². The molecular formula is C16H32N2O. The Hall–Kier alpha value is -0.120. The van der Waals surface area contributed by atoms with Crippen LogP contribution in [0.1, 0.15) is 52.4 Å². The smallest absolute Gasteiger partial charge is 0.0702 e. The largest absolute Gasteiger partial charge is 0.377 e. The fourth-order valence-corrected chi connectivity index (χ4v) is 4.12. The van der Waals surface area contributed by atoms with Crippen molar-refractivity contribution in [1.82, 2.24) is 4.90 Å². The number of nitrogens with zero attached hydrogens (tertiary/aromatic N) is 1. The predicted octanol–water partition coefficient (Wildman–Crippen LogP) is 2.64. The highest BCUT2D eigenvalue weighted by Gasteiger charge is 2.43. The average Bonchev–Trinajstić information content (AvgIpc) is 2.42. The van der Waals surface area contributed by atoms with Crippen molar-refractivity contribution in [2.24, 2.45) is 17.6 Å². The molecule has 1 aliphatic heterocycles. The minimum Gasteiger partial charge on any atom is -0.377 e. The van der Waals surface area contributed by atoms with Gasteiger partial charge in [0, 0.05) is 25.2 Å². The van der Waals surface area contributed by atoms with Gasteiger partial charge in [-0.15, -0.1) is 0 Å². The Morgan fingerprint density at radius 3 is 2.63 bits per heavy atom. The van der Waals surface area contributed by atoms with Crippen LogP contribution in [-0.4, -0.2) is 43.3 Å². The second-order valence-corrected chi connectivity index (χ2v) is 6.96. The molecule has 2 rings (SSSR count). The summed E-state index contributed by atoms with van der Waals surface area (Å²) in [5.74, 6) is 1.50. The predicted molar refractivity (Wildman–Crippen MR) is 80.2 cm³/mol. The molecule has 19 heavy (non-hydrogen) atoms. The van der Waals surface area contributed by atoms with Crippen LogP contribution in [0.4, 0.5) is 0 Å². The van der Waals surface area contributed by atoms with E-state index in [0.717, 1.165) is 25.6 Å². The second-order valence-electron chi connectivity index (χ2n) is 6.96. The molecule has 2 aliphatic rings. The maximum absolute atomic E-state index is 6.21. The normalized spacial score (nSPS) is 40.6. The highest BCUT2D eigenvalue weighted by atomic mass is 16.5. The maximum Gasteiger partial charge on any atom is 0.0702 e. The first-order chi connectivity index (χ1) is 9.08. The van der Waals surface area contributed by atoms with Crippen molar-refractivity contribution in [2.45, 2.75) is 64.0 Å². The molecule has 0 aromatic heterocycles. The van der Waals surface area contributed by atoms with Crippen molar-refractivity contribution in [3.63, 3.8) is 0 Å². The molecule has 1 heterocycles. The standard InChI is InChI=1S/C16H32N2O/c1-13-7-8-14(2)16(10-13,12-17)18(3)11-15-6-4-5-9-19-15/h13-15H,4-12,17H2,1-3H3. The number of ether oxygens (including phenoxy) is 1. The summed E-state index contributed by atoms with van der Waals surface area (Å²) in [7, 11) is 2.26. The van der Waals surface area contributed by atoms with Crippen LogP contribution in [0, 0.1) is 11.8 Å². The van der Waals surface area contributed by atoms with E-state index < -0.39 is 0 Å². The molecule has 0 aromatic rings. The van der Waals surface area contributed by atoms with Gasteiger partial charge in [-0.25, -0.2) is 0 Å². The van der Waals surface area contributed by atoms with Gasteiger partial charge in [-0.3, -0.25) is 4.90 Å². The molecule has 0 aromatic carbocycles. The van der Waals surface area contributed by atoms with Crippen LogP contribution < -0.4 is 5.73 Å². The number of rotatable bonds is 4. The van der Waals surface area contributed by atoms with Gasteiger partial charge in [-0.1, -0.05) is 20.3 Å². The minimum atomic E-state index is 0.193. The van der Waals surface area contributed by atoms with E-state index in [0.29, 0.717) is 12.0 Å². The van der Waals surface area contributed by atoms with Gasteiger partial charge in [0.15, 0.2) is 0 Å². The first-order valence-electron chi connectivity index (χ1n) is 8.11. The van der Waals surface area contributed by atoms with Crippen molar-refractivity contribution < 1.29 is 4.74 Å². The highest BCUT2D eigenvalue weighted by Crippen LogP contribution is 2.40. The molecule has 4 unspecified atom stereocenters. The molecule has 1 aliphatic carbocycles. The van der Waals surface area contributed by atoms with E-state index >= 15 is 0 Å². The van der Waals surface area contributed by atoms with E-state index in [4.69, 9.17) is 10.5 Å². The van der Waals surface area contributed by atoms with Crippen LogP contribution in [0.25, 0.3) is 0 Å². The van der Waals surface area contributed by atoms with E-state index in [2.05, 4.69) is 25.8 Å². The third kappa shape index (κ3) is 3.32. The molecule has 4 atom stereocenters. The van der Waals surface area contributed by atoms with Crippen LogP contribution in [0.5, 0.6) is 0 Å². The summed E-state index contributed by atoms with van der Waals surface area (Å²) in [5.41, 5.74) is 6.41. The summed E-state index contributed by atoms with van der Waals surface area (Å²) in [4.78, 5) is 2.53. The third-order valence-electron chi connectivity index (χ3n) is 5.58. The Morgan fingerprint density at radius 2 is 2.00 bits per heavy atom. The molecule has 112 valence electrons. The summed E-state index contributed by atoms with van der Waals surface area (Å²) >= 11 is 0. The molecule has 2 fully saturated rings. The lowest BCUT2D eigenvalue weighted by molar-refractivity contribution is -0.0493. The average molecular weight is 268 g/mol. The van der Waals surface area contributed by atoms with Gasteiger partial charge in [0.05, 0.1) is 6.10 Å². The zero-order chi connectivity index (χ0) is 13.9. The number of hydrogen-bond acceptors (Lipinski definition) is 3. The fraction of sp³-hybridized carbons (Fsp3) is 1.00. The van der Waals surface area contributed by atoms with Gasteiger partial charge < -0.3 is 10.5 Å². The SMILES string of the molecule is CC1CCC(C)C(CN)(N(C)CC2CCCCO2)C1. The topological polar surface area (TPSA) is 38.5 Å². The molecule has 1 saturated heterocycles. The molecule has 0 spiro atoms. The second kappa shape index (κ2) is 6.55. The monoisotopic (exact) mass is 268 g/mol. The molecule has 3 heteroatoms. The van der Waals surface area contributed by atoms with Crippen LogP contribution in [0.2, 0.25) is 0 Å². The Balaban J connectivity index is 2.01. The maximum atomic E-state index is 6.21. The molecule has 0 amide bonds. The van der Waals surface area contributed by atoms with Crippen molar-refractivity contribution in [2.75, 3.05) is 26.7 Å². The zero-order valence-corrected chi connectivity index (χ0v) is 13.0. The van der Waals surface area contributed by atoms with E-state index in [-0.39, 0.29) is 5.54 Å². The van der Waals surface area contributed by atoms with Crippen molar-refractivity contribution in [1.29, 1.82) is 0 Å². The summed E-state index contributed by atoms with van der Waals surface area (Å²) in [6.07, 6.45) is 8.11. The molecule has 0 radical (unpaired) electrons. The van der Waals surface area contributed by atoms with E-state index in [9.17, 15) is 0 Å². The fourth-order valence-electron chi connectivity index (χ4n) is 4.12. The van der Waals surface area contributed by atoms with E-state index in [1.54, 1.807) is 0 Å². The summed E-state index contributed by atoms with van der Waals surface area (Å²) < 4.78 is 5.91. The Labute approximate surface area is 118 Å². The Morgan fingerprint density at radius 1 is 1.21 bits per heavy atom. The van der Waals surface area contributed by atoms with Crippen LogP contribution in [-0.2, 0) is 4.74 Å². The Bertz CT molecular complexity index is 278. The van der Waals surface area contributed by atoms with Gasteiger partial charge in [0.25, 0.3) is 0 Å². The first-order valence-corrected chi connectivity index (χ1v) is 8.11. The van der Waals surface area contributed by atoms with Gasteiger partial charge in [0.1, 0.15) is 0 Å².